The number of carbonyl (C=O) groups is 1. The quantitative estimate of drug-likeness (QED) is 0.936. The summed E-state index contributed by atoms with van der Waals surface area (Å²) in [5.41, 5.74) is -0.912. The summed E-state index contributed by atoms with van der Waals surface area (Å²) in [5.74, 6) is -0.452. The second kappa shape index (κ2) is 6.83. The van der Waals surface area contributed by atoms with Crippen LogP contribution in [-0.4, -0.2) is 12.5 Å². The van der Waals surface area contributed by atoms with Gasteiger partial charge in [-0.3, -0.25) is 4.79 Å². The number of ether oxygens (including phenoxy) is 1. The highest BCUT2D eigenvalue weighted by Crippen LogP contribution is 2.34. The van der Waals surface area contributed by atoms with E-state index in [4.69, 9.17) is 10.00 Å². The van der Waals surface area contributed by atoms with E-state index in [9.17, 15) is 18.0 Å². The minimum atomic E-state index is -4.56. The largest absolute Gasteiger partial charge is 0.484 e. The van der Waals surface area contributed by atoms with Gasteiger partial charge in [-0.1, -0.05) is 18.2 Å². The maximum Gasteiger partial charge on any atom is 0.418 e. The van der Waals surface area contributed by atoms with Crippen LogP contribution in [0.25, 0.3) is 0 Å². The number of nitrogens with zero attached hydrogens (tertiary/aromatic N) is 1. The summed E-state index contributed by atoms with van der Waals surface area (Å²) in [7, 11) is 0. The minimum Gasteiger partial charge on any atom is -0.484 e. The molecule has 0 aliphatic heterocycles. The highest BCUT2D eigenvalue weighted by molar-refractivity contribution is 5.92. The predicted octanol–water partition coefficient (Wildman–Crippen LogP) is 3.59. The number of carbonyl (C=O) groups excluding carboxylic acids is 1. The molecule has 2 aromatic rings. The lowest BCUT2D eigenvalue weighted by Crippen LogP contribution is -2.22. The van der Waals surface area contributed by atoms with Gasteiger partial charge in [0, 0.05) is 0 Å². The number of nitriles is 1. The average molecular weight is 320 g/mol. The summed E-state index contributed by atoms with van der Waals surface area (Å²) in [4.78, 5) is 11.8. The van der Waals surface area contributed by atoms with Crippen LogP contribution in [-0.2, 0) is 11.0 Å². The molecule has 4 nitrogen and oxygen atoms in total. The van der Waals surface area contributed by atoms with E-state index in [2.05, 4.69) is 5.32 Å². The molecule has 0 atom stereocenters. The van der Waals surface area contributed by atoms with E-state index in [1.54, 1.807) is 12.1 Å². The molecule has 23 heavy (non-hydrogen) atoms. The lowest BCUT2D eigenvalue weighted by molar-refractivity contribution is -0.137. The molecule has 0 aromatic heterocycles. The van der Waals surface area contributed by atoms with Gasteiger partial charge >= 0.3 is 6.18 Å². The van der Waals surface area contributed by atoms with Crippen molar-refractivity contribution in [2.45, 2.75) is 6.18 Å². The van der Waals surface area contributed by atoms with Crippen LogP contribution in [0.4, 0.5) is 18.9 Å². The van der Waals surface area contributed by atoms with Gasteiger partial charge in [0.2, 0.25) is 0 Å². The van der Waals surface area contributed by atoms with E-state index >= 15 is 0 Å². The Kier molecular flexibility index (Phi) is 4.86. The molecule has 1 N–H and O–H groups in total. The Morgan fingerprint density at radius 1 is 1.17 bits per heavy atom. The van der Waals surface area contributed by atoms with Crippen LogP contribution >= 0.6 is 0 Å². The number of para-hydroxylation sites is 1. The monoisotopic (exact) mass is 320 g/mol. The average Bonchev–Trinajstić information content (AvgIpc) is 2.52. The van der Waals surface area contributed by atoms with E-state index in [0.717, 1.165) is 12.1 Å². The van der Waals surface area contributed by atoms with Gasteiger partial charge in [-0.2, -0.15) is 18.4 Å². The first-order valence-electron chi connectivity index (χ1n) is 6.49. The second-order valence-corrected chi connectivity index (χ2v) is 4.52. The summed E-state index contributed by atoms with van der Waals surface area (Å²) in [6.07, 6.45) is -4.56. The third-order valence-corrected chi connectivity index (χ3v) is 2.84. The number of anilines is 1. The van der Waals surface area contributed by atoms with Crippen molar-refractivity contribution in [2.24, 2.45) is 0 Å². The Morgan fingerprint density at radius 2 is 1.91 bits per heavy atom. The zero-order valence-corrected chi connectivity index (χ0v) is 11.7. The van der Waals surface area contributed by atoms with Gasteiger partial charge in [0.1, 0.15) is 5.75 Å². The highest BCUT2D eigenvalue weighted by atomic mass is 19.4. The van der Waals surface area contributed by atoms with Crippen molar-refractivity contribution in [1.82, 2.24) is 0 Å². The molecule has 0 spiro atoms. The molecule has 0 fully saturated rings. The lowest BCUT2D eigenvalue weighted by Gasteiger charge is -2.13. The maximum absolute atomic E-state index is 12.8. The highest BCUT2D eigenvalue weighted by Gasteiger charge is 2.33. The van der Waals surface area contributed by atoms with Gasteiger partial charge in [0.25, 0.3) is 5.91 Å². The third kappa shape index (κ3) is 4.48. The number of rotatable bonds is 4. The fraction of sp³-hybridized carbons (Fsp3) is 0.125. The predicted molar refractivity (Wildman–Crippen MR) is 76.7 cm³/mol. The molecule has 1 amide bonds. The molecule has 0 radical (unpaired) electrons. The minimum absolute atomic E-state index is 0.281. The molecule has 0 aliphatic rings. The van der Waals surface area contributed by atoms with Crippen LogP contribution in [0.15, 0.2) is 48.5 Å². The fourth-order valence-electron chi connectivity index (χ4n) is 1.83. The third-order valence-electron chi connectivity index (χ3n) is 2.84. The van der Waals surface area contributed by atoms with Gasteiger partial charge in [-0.15, -0.1) is 0 Å². The van der Waals surface area contributed by atoms with E-state index in [1.165, 1.54) is 24.3 Å². The van der Waals surface area contributed by atoms with Crippen molar-refractivity contribution in [3.8, 4) is 11.8 Å². The summed E-state index contributed by atoms with van der Waals surface area (Å²) < 4.78 is 43.6. The Labute approximate surface area is 130 Å². The van der Waals surface area contributed by atoms with Crippen molar-refractivity contribution in [1.29, 1.82) is 5.26 Å². The van der Waals surface area contributed by atoms with E-state index in [-0.39, 0.29) is 11.4 Å². The number of benzene rings is 2. The standard InChI is InChI=1S/C16H11F3N2O2/c17-16(18,19)13-6-1-2-7-14(13)21-15(22)10-23-12-5-3-4-11(8-12)9-20/h1-8H,10H2,(H,21,22). The van der Waals surface area contributed by atoms with Gasteiger partial charge in [0.05, 0.1) is 22.9 Å². The number of nitrogens with one attached hydrogen (secondary N) is 1. The lowest BCUT2D eigenvalue weighted by atomic mass is 10.1. The number of halogens is 3. The summed E-state index contributed by atoms with van der Waals surface area (Å²) in [6, 6.07) is 12.7. The van der Waals surface area contributed by atoms with E-state index < -0.39 is 24.3 Å². The van der Waals surface area contributed by atoms with Crippen LogP contribution in [0.1, 0.15) is 11.1 Å². The van der Waals surface area contributed by atoms with Crippen LogP contribution < -0.4 is 10.1 Å². The van der Waals surface area contributed by atoms with E-state index in [1.807, 2.05) is 6.07 Å². The summed E-state index contributed by atoms with van der Waals surface area (Å²) in [6.45, 7) is -0.471. The van der Waals surface area contributed by atoms with Crippen LogP contribution in [0.2, 0.25) is 0 Å². The summed E-state index contributed by atoms with van der Waals surface area (Å²) >= 11 is 0. The number of alkyl halides is 3. The number of amides is 1. The summed E-state index contributed by atoms with van der Waals surface area (Å²) in [5, 5.41) is 10.9. The van der Waals surface area contributed by atoms with Gasteiger partial charge < -0.3 is 10.1 Å². The molecular weight excluding hydrogens is 309 g/mol. The fourth-order valence-corrected chi connectivity index (χ4v) is 1.83. The van der Waals surface area contributed by atoms with E-state index in [0.29, 0.717) is 5.56 Å². The maximum atomic E-state index is 12.8. The first-order chi connectivity index (χ1) is 10.9. The zero-order valence-electron chi connectivity index (χ0n) is 11.7. The smallest absolute Gasteiger partial charge is 0.418 e. The van der Waals surface area contributed by atoms with Crippen LogP contribution in [0, 0.1) is 11.3 Å². The molecule has 0 heterocycles. The van der Waals surface area contributed by atoms with Crippen molar-refractivity contribution in [3.63, 3.8) is 0 Å². The van der Waals surface area contributed by atoms with Crippen molar-refractivity contribution < 1.29 is 22.7 Å². The van der Waals surface area contributed by atoms with Gasteiger partial charge in [-0.25, -0.2) is 0 Å². The van der Waals surface area contributed by atoms with Crippen molar-refractivity contribution in [2.75, 3.05) is 11.9 Å². The number of hydrogen-bond acceptors (Lipinski definition) is 3. The molecule has 118 valence electrons. The van der Waals surface area contributed by atoms with Gasteiger partial charge in [0.15, 0.2) is 6.61 Å². The molecule has 0 unspecified atom stereocenters. The normalized spacial score (nSPS) is 10.7. The first kappa shape index (κ1) is 16.4. The topological polar surface area (TPSA) is 62.1 Å². The second-order valence-electron chi connectivity index (χ2n) is 4.52. The molecule has 0 aliphatic carbocycles. The Balaban J connectivity index is 2.02. The Morgan fingerprint density at radius 3 is 2.61 bits per heavy atom. The molecule has 7 heteroatoms. The van der Waals surface area contributed by atoms with Crippen LogP contribution in [0.3, 0.4) is 0 Å². The Bertz CT molecular complexity index is 751. The van der Waals surface area contributed by atoms with Crippen LogP contribution in [0.5, 0.6) is 5.75 Å². The molecular formula is C16H11F3N2O2. The SMILES string of the molecule is N#Cc1cccc(OCC(=O)Nc2ccccc2C(F)(F)F)c1. The zero-order chi connectivity index (χ0) is 16.9. The molecule has 2 rings (SSSR count). The molecule has 0 bridgehead atoms. The number of hydrogen-bond donors (Lipinski definition) is 1. The first-order valence-corrected chi connectivity index (χ1v) is 6.49. The van der Waals surface area contributed by atoms with Crippen molar-refractivity contribution in [3.05, 3.63) is 59.7 Å². The molecule has 0 saturated carbocycles. The van der Waals surface area contributed by atoms with Gasteiger partial charge in [-0.05, 0) is 30.3 Å². The Hall–Kier alpha value is -3.01. The molecule has 0 saturated heterocycles. The van der Waals surface area contributed by atoms with Crippen molar-refractivity contribution >= 4 is 11.6 Å². The molecule has 2 aromatic carbocycles.